The van der Waals surface area contributed by atoms with Gasteiger partial charge in [-0.25, -0.2) is 5.01 Å². The van der Waals surface area contributed by atoms with Gasteiger partial charge in [0.15, 0.2) is 5.78 Å². The lowest BCUT2D eigenvalue weighted by Crippen LogP contribution is -2.52. The van der Waals surface area contributed by atoms with Crippen LogP contribution in [0.4, 0.5) is 5.69 Å². The SMILES string of the molecule is O=C(CN(C(=O)c1ccc(Cl)cc1Cl)N1C(=O)[C@@H]2[C@@H]3C=C[C@H]([C@H]4C[C@@H]34)[C@@H]2C1=O)c1cccc([N+](=O)[O-])c1. The molecule has 37 heavy (non-hydrogen) atoms. The van der Waals surface area contributed by atoms with Crippen molar-refractivity contribution >= 4 is 52.4 Å². The van der Waals surface area contributed by atoms with E-state index in [0.717, 1.165) is 22.5 Å². The number of carbonyl (C=O) groups is 4. The predicted octanol–water partition coefficient (Wildman–Crippen LogP) is 4.19. The number of non-ortho nitro benzene ring substituents is 1. The number of rotatable bonds is 6. The number of Topliss-reactive ketones (excluding diaryl/α,β-unsaturated/α-hetero) is 1. The van der Waals surface area contributed by atoms with E-state index in [2.05, 4.69) is 0 Å². The van der Waals surface area contributed by atoms with Gasteiger partial charge in [-0.2, -0.15) is 5.01 Å². The Morgan fingerprint density at radius 1 is 1.00 bits per heavy atom. The van der Waals surface area contributed by atoms with Crippen molar-refractivity contribution in [1.82, 2.24) is 10.0 Å². The zero-order valence-corrected chi connectivity index (χ0v) is 20.6. The van der Waals surface area contributed by atoms with E-state index in [1.165, 1.54) is 36.4 Å². The molecule has 2 aromatic rings. The summed E-state index contributed by atoms with van der Waals surface area (Å²) in [7, 11) is 0. The molecule has 3 fully saturated rings. The maximum absolute atomic E-state index is 13.7. The molecular formula is C26H19Cl2N3O6. The average molecular weight is 540 g/mol. The largest absolute Gasteiger partial charge is 0.292 e. The molecule has 4 aliphatic carbocycles. The number of nitro groups is 1. The molecule has 1 saturated heterocycles. The average Bonchev–Trinajstić information content (AvgIpc) is 3.66. The third-order valence-corrected chi connectivity index (χ3v) is 8.50. The van der Waals surface area contributed by atoms with Crippen LogP contribution in [0.15, 0.2) is 54.6 Å². The van der Waals surface area contributed by atoms with Crippen LogP contribution in [-0.4, -0.2) is 45.0 Å². The van der Waals surface area contributed by atoms with Crippen LogP contribution in [0.1, 0.15) is 27.1 Å². The molecule has 0 spiro atoms. The van der Waals surface area contributed by atoms with E-state index in [1.807, 2.05) is 12.2 Å². The van der Waals surface area contributed by atoms with Crippen LogP contribution < -0.4 is 0 Å². The number of halogens is 2. The van der Waals surface area contributed by atoms with Gasteiger partial charge in [-0.05, 0) is 48.3 Å². The number of ketones is 1. The lowest BCUT2D eigenvalue weighted by atomic mass is 9.63. The minimum atomic E-state index is -0.828. The molecule has 11 heteroatoms. The number of allylic oxidation sites excluding steroid dienone is 2. The van der Waals surface area contributed by atoms with Crippen LogP contribution in [0, 0.1) is 45.6 Å². The summed E-state index contributed by atoms with van der Waals surface area (Å²) in [6, 6.07) is 9.19. The van der Waals surface area contributed by atoms with Crippen molar-refractivity contribution < 1.29 is 24.1 Å². The van der Waals surface area contributed by atoms with Gasteiger partial charge < -0.3 is 0 Å². The van der Waals surface area contributed by atoms with Crippen LogP contribution >= 0.6 is 23.2 Å². The third-order valence-electron chi connectivity index (χ3n) is 7.95. The number of hydrazine groups is 1. The monoisotopic (exact) mass is 539 g/mol. The fourth-order valence-electron chi connectivity index (χ4n) is 6.23. The number of amides is 3. The number of benzene rings is 2. The maximum atomic E-state index is 13.7. The van der Waals surface area contributed by atoms with Gasteiger partial charge in [0.05, 0.1) is 27.3 Å². The van der Waals surface area contributed by atoms with Crippen LogP contribution in [0.3, 0.4) is 0 Å². The van der Waals surface area contributed by atoms with Gasteiger partial charge in [0.2, 0.25) is 0 Å². The van der Waals surface area contributed by atoms with Crippen LogP contribution in [-0.2, 0) is 9.59 Å². The Labute approximate surface area is 220 Å². The lowest BCUT2D eigenvalue weighted by Gasteiger charge is -2.37. The highest BCUT2D eigenvalue weighted by atomic mass is 35.5. The highest BCUT2D eigenvalue weighted by Crippen LogP contribution is 2.65. The lowest BCUT2D eigenvalue weighted by molar-refractivity contribution is -0.384. The summed E-state index contributed by atoms with van der Waals surface area (Å²) >= 11 is 12.2. The standard InChI is InChI=1S/C26H19Cl2N3O6/c27-13-4-5-17(20(28)9-13)24(33)29(11-21(32)12-2-1-3-14(8-12)31(36)37)30-25(34)22-15-6-7-16(19-10-18(15)19)23(22)26(30)35/h1-9,15-16,18-19,22-23H,10-11H2/t15-,16-,18-,19+,22+,23-/m1/s1. The van der Waals surface area contributed by atoms with Crippen molar-refractivity contribution in [2.45, 2.75) is 6.42 Å². The molecule has 0 unspecified atom stereocenters. The van der Waals surface area contributed by atoms with Crippen molar-refractivity contribution in [2.24, 2.45) is 35.5 Å². The van der Waals surface area contributed by atoms with Crippen LogP contribution in [0.25, 0.3) is 0 Å². The first-order chi connectivity index (χ1) is 17.7. The topological polar surface area (TPSA) is 118 Å². The normalized spacial score (nSPS) is 28.6. The number of hydrogen-bond donors (Lipinski definition) is 0. The first-order valence-electron chi connectivity index (χ1n) is 11.8. The van der Waals surface area contributed by atoms with E-state index in [4.69, 9.17) is 23.2 Å². The Morgan fingerprint density at radius 3 is 2.24 bits per heavy atom. The molecule has 2 saturated carbocycles. The summed E-state index contributed by atoms with van der Waals surface area (Å²) in [4.78, 5) is 65.0. The van der Waals surface area contributed by atoms with E-state index in [9.17, 15) is 29.3 Å². The van der Waals surface area contributed by atoms with Crippen molar-refractivity contribution in [3.63, 3.8) is 0 Å². The van der Waals surface area contributed by atoms with E-state index >= 15 is 0 Å². The van der Waals surface area contributed by atoms with Crippen molar-refractivity contribution in [1.29, 1.82) is 0 Å². The van der Waals surface area contributed by atoms with Gasteiger partial charge in [-0.15, -0.1) is 0 Å². The zero-order chi connectivity index (χ0) is 26.2. The summed E-state index contributed by atoms with van der Waals surface area (Å²) < 4.78 is 0. The van der Waals surface area contributed by atoms with Gasteiger partial charge in [-0.3, -0.25) is 29.3 Å². The van der Waals surface area contributed by atoms with Crippen LogP contribution in [0.5, 0.6) is 0 Å². The summed E-state index contributed by atoms with van der Waals surface area (Å²) in [5.74, 6) is -3.17. The summed E-state index contributed by atoms with van der Waals surface area (Å²) in [6.45, 7) is -0.689. The Balaban J connectivity index is 1.38. The van der Waals surface area contributed by atoms with E-state index in [0.29, 0.717) is 11.8 Å². The van der Waals surface area contributed by atoms with Gasteiger partial charge in [0.1, 0.15) is 6.54 Å². The van der Waals surface area contributed by atoms with E-state index < -0.39 is 46.8 Å². The Hall–Kier alpha value is -3.56. The smallest absolute Gasteiger partial charge is 0.274 e. The van der Waals surface area contributed by atoms with Crippen molar-refractivity contribution in [2.75, 3.05) is 6.54 Å². The molecule has 0 aromatic heterocycles. The molecule has 188 valence electrons. The second-order valence-electron chi connectivity index (χ2n) is 9.86. The molecule has 2 aromatic carbocycles. The highest BCUT2D eigenvalue weighted by Gasteiger charge is 2.68. The number of imide groups is 1. The van der Waals surface area contributed by atoms with Gasteiger partial charge >= 0.3 is 0 Å². The first-order valence-corrected chi connectivity index (χ1v) is 12.5. The number of carbonyl (C=O) groups excluding carboxylic acids is 4. The Kier molecular flexibility index (Phi) is 5.47. The number of nitro benzene ring substituents is 1. The first kappa shape index (κ1) is 23.8. The van der Waals surface area contributed by atoms with Crippen LogP contribution in [0.2, 0.25) is 10.0 Å². The second-order valence-corrected chi connectivity index (χ2v) is 10.7. The number of nitrogens with zero attached hydrogens (tertiary/aromatic N) is 3. The molecule has 0 N–H and O–H groups in total. The summed E-state index contributed by atoms with van der Waals surface area (Å²) in [5, 5.41) is 13.1. The molecule has 6 atom stereocenters. The van der Waals surface area contributed by atoms with E-state index in [1.54, 1.807) is 0 Å². The quantitative estimate of drug-likeness (QED) is 0.178. The predicted molar refractivity (Wildman–Crippen MR) is 131 cm³/mol. The minimum absolute atomic E-state index is 0.00945. The zero-order valence-electron chi connectivity index (χ0n) is 19.1. The summed E-state index contributed by atoms with van der Waals surface area (Å²) in [5.41, 5.74) is -0.378. The van der Waals surface area contributed by atoms with Gasteiger partial charge in [0.25, 0.3) is 23.4 Å². The van der Waals surface area contributed by atoms with E-state index in [-0.39, 0.29) is 38.7 Å². The molecule has 5 aliphatic rings. The molecule has 9 nitrogen and oxygen atoms in total. The molecule has 7 rings (SSSR count). The molecular weight excluding hydrogens is 521 g/mol. The van der Waals surface area contributed by atoms with Crippen molar-refractivity contribution in [3.8, 4) is 0 Å². The van der Waals surface area contributed by atoms with Gasteiger partial charge in [-0.1, -0.05) is 47.5 Å². The molecule has 1 heterocycles. The highest BCUT2D eigenvalue weighted by molar-refractivity contribution is 6.36. The Morgan fingerprint density at radius 2 is 1.65 bits per heavy atom. The number of hydrogen-bond acceptors (Lipinski definition) is 6. The van der Waals surface area contributed by atoms with Gasteiger partial charge in [0, 0.05) is 22.7 Å². The minimum Gasteiger partial charge on any atom is -0.292 e. The van der Waals surface area contributed by atoms with Crippen molar-refractivity contribution in [3.05, 3.63) is 85.9 Å². The summed E-state index contributed by atoms with van der Waals surface area (Å²) in [6.07, 6.45) is 4.99. The molecule has 2 bridgehead atoms. The fourth-order valence-corrected chi connectivity index (χ4v) is 6.72. The molecule has 3 amide bonds. The Bertz CT molecular complexity index is 1410. The maximum Gasteiger partial charge on any atom is 0.274 e. The molecule has 0 radical (unpaired) electrons. The molecule has 1 aliphatic heterocycles. The second kappa shape index (κ2) is 8.49. The third kappa shape index (κ3) is 3.67. The fraction of sp³-hybridized carbons (Fsp3) is 0.308.